The van der Waals surface area contributed by atoms with Gasteiger partial charge in [0.05, 0.1) is 5.75 Å². The predicted molar refractivity (Wildman–Crippen MR) is 110 cm³/mol. The number of aromatic amines is 1. The molecule has 1 saturated heterocycles. The molecule has 2 aromatic carbocycles. The van der Waals surface area contributed by atoms with Gasteiger partial charge in [-0.15, -0.1) is 0 Å². The van der Waals surface area contributed by atoms with E-state index in [1.54, 1.807) is 4.90 Å². The van der Waals surface area contributed by atoms with Gasteiger partial charge in [0.15, 0.2) is 0 Å². The second kappa shape index (κ2) is 7.41. The van der Waals surface area contributed by atoms with Gasteiger partial charge in [0.2, 0.25) is 10.0 Å². The van der Waals surface area contributed by atoms with Crippen LogP contribution >= 0.6 is 0 Å². The summed E-state index contributed by atoms with van der Waals surface area (Å²) >= 11 is 0. The molecule has 0 saturated carbocycles. The summed E-state index contributed by atoms with van der Waals surface area (Å²) in [5.41, 5.74) is 3.29. The summed E-state index contributed by atoms with van der Waals surface area (Å²) in [6, 6.07) is 17.1. The van der Waals surface area contributed by atoms with Crippen LogP contribution < -0.4 is 0 Å². The Kier molecular flexibility index (Phi) is 4.95. The summed E-state index contributed by atoms with van der Waals surface area (Å²) in [5, 5.41) is 0.991. The minimum atomic E-state index is -3.40. The van der Waals surface area contributed by atoms with Crippen molar-refractivity contribution in [3.05, 3.63) is 71.4 Å². The molecule has 4 rings (SSSR count). The number of nitrogens with one attached hydrogen (secondary N) is 1. The maximum Gasteiger partial charge on any atom is 0.270 e. The number of para-hydroxylation sites is 1. The van der Waals surface area contributed by atoms with Crippen LogP contribution in [-0.2, 0) is 15.8 Å². The Morgan fingerprint density at radius 1 is 1.00 bits per heavy atom. The summed E-state index contributed by atoms with van der Waals surface area (Å²) in [6.07, 6.45) is 0. The largest absolute Gasteiger partial charge is 0.351 e. The molecule has 0 aliphatic carbocycles. The number of piperazine rings is 1. The van der Waals surface area contributed by atoms with E-state index in [0.29, 0.717) is 31.9 Å². The zero-order valence-electron chi connectivity index (χ0n) is 15.8. The van der Waals surface area contributed by atoms with Crippen molar-refractivity contribution >= 4 is 26.8 Å². The van der Waals surface area contributed by atoms with Crippen molar-refractivity contribution in [2.75, 3.05) is 26.2 Å². The fourth-order valence-corrected chi connectivity index (χ4v) is 5.14. The van der Waals surface area contributed by atoms with Crippen molar-refractivity contribution in [2.24, 2.45) is 0 Å². The first kappa shape index (κ1) is 18.7. The van der Waals surface area contributed by atoms with Crippen molar-refractivity contribution < 1.29 is 13.2 Å². The fraction of sp³-hybridized carbons (Fsp3) is 0.286. The highest BCUT2D eigenvalue weighted by molar-refractivity contribution is 7.88. The van der Waals surface area contributed by atoms with Gasteiger partial charge in [-0.1, -0.05) is 48.0 Å². The number of hydrogen-bond acceptors (Lipinski definition) is 3. The topological polar surface area (TPSA) is 73.5 Å². The van der Waals surface area contributed by atoms with Crippen molar-refractivity contribution in [2.45, 2.75) is 12.7 Å². The lowest BCUT2D eigenvalue weighted by Crippen LogP contribution is -2.50. The van der Waals surface area contributed by atoms with E-state index in [-0.39, 0.29) is 11.7 Å². The third kappa shape index (κ3) is 3.81. The Morgan fingerprint density at radius 3 is 2.46 bits per heavy atom. The van der Waals surface area contributed by atoms with E-state index >= 15 is 0 Å². The molecular formula is C21H23N3O3S. The number of H-pyrrole nitrogens is 1. The number of sulfonamides is 1. The van der Waals surface area contributed by atoms with Crippen molar-refractivity contribution in [1.29, 1.82) is 0 Å². The second-order valence-electron chi connectivity index (χ2n) is 7.21. The molecule has 0 spiro atoms. The molecule has 1 amide bonds. The van der Waals surface area contributed by atoms with Crippen LogP contribution in [0.4, 0.5) is 0 Å². The van der Waals surface area contributed by atoms with E-state index < -0.39 is 10.0 Å². The van der Waals surface area contributed by atoms with Gasteiger partial charge in [0.1, 0.15) is 5.69 Å². The first-order chi connectivity index (χ1) is 13.4. The quantitative estimate of drug-likeness (QED) is 0.736. The van der Waals surface area contributed by atoms with Gasteiger partial charge < -0.3 is 9.88 Å². The normalized spacial score (nSPS) is 15.8. The molecule has 146 valence electrons. The number of nitrogens with zero attached hydrogens (tertiary/aromatic N) is 2. The standard InChI is InChI=1S/C21H23N3O3S/c1-16-5-4-6-17(13-16)15-28(26,27)24-11-9-23(10-12-24)21(25)20-14-18-7-2-3-8-19(18)22-20/h2-8,13-14,22H,9-12,15H2,1H3. The zero-order valence-corrected chi connectivity index (χ0v) is 16.6. The summed E-state index contributed by atoms with van der Waals surface area (Å²) in [6.45, 7) is 3.37. The van der Waals surface area contributed by atoms with Crippen LogP contribution in [0.1, 0.15) is 21.6 Å². The maximum atomic E-state index is 12.8. The molecule has 1 fully saturated rings. The molecule has 0 bridgehead atoms. The van der Waals surface area contributed by atoms with E-state index in [1.807, 2.05) is 61.5 Å². The average molecular weight is 398 g/mol. The number of benzene rings is 2. The van der Waals surface area contributed by atoms with Crippen LogP contribution in [0.25, 0.3) is 10.9 Å². The summed E-state index contributed by atoms with van der Waals surface area (Å²) in [5.74, 6) is -0.100. The number of rotatable bonds is 4. The second-order valence-corrected chi connectivity index (χ2v) is 9.18. The Hall–Kier alpha value is -2.64. The Morgan fingerprint density at radius 2 is 1.75 bits per heavy atom. The number of amides is 1. The molecule has 3 aromatic rings. The molecule has 1 N–H and O–H groups in total. The molecule has 6 nitrogen and oxygen atoms in total. The number of carbonyl (C=O) groups is 1. The minimum Gasteiger partial charge on any atom is -0.351 e. The molecule has 1 aliphatic heterocycles. The summed E-state index contributed by atoms with van der Waals surface area (Å²) in [4.78, 5) is 17.6. The first-order valence-electron chi connectivity index (χ1n) is 9.33. The van der Waals surface area contributed by atoms with Crippen molar-refractivity contribution in [3.8, 4) is 0 Å². The van der Waals surface area contributed by atoms with Gasteiger partial charge in [-0.05, 0) is 24.6 Å². The highest BCUT2D eigenvalue weighted by Gasteiger charge is 2.29. The molecule has 1 aliphatic rings. The highest BCUT2D eigenvalue weighted by Crippen LogP contribution is 2.19. The van der Waals surface area contributed by atoms with Gasteiger partial charge in [-0.3, -0.25) is 4.79 Å². The van der Waals surface area contributed by atoms with Crippen molar-refractivity contribution in [1.82, 2.24) is 14.2 Å². The third-order valence-corrected chi connectivity index (χ3v) is 6.96. The Bertz CT molecular complexity index is 1080. The summed E-state index contributed by atoms with van der Waals surface area (Å²) in [7, 11) is -3.40. The summed E-state index contributed by atoms with van der Waals surface area (Å²) < 4.78 is 27.0. The molecule has 1 aromatic heterocycles. The van der Waals surface area contributed by atoms with Crippen LogP contribution in [-0.4, -0.2) is 54.7 Å². The smallest absolute Gasteiger partial charge is 0.270 e. The lowest BCUT2D eigenvalue weighted by atomic mass is 10.2. The lowest BCUT2D eigenvalue weighted by Gasteiger charge is -2.33. The fourth-order valence-electron chi connectivity index (χ4n) is 3.63. The minimum absolute atomic E-state index is 0.00928. The molecule has 28 heavy (non-hydrogen) atoms. The molecule has 0 radical (unpaired) electrons. The molecule has 0 atom stereocenters. The van der Waals surface area contributed by atoms with Crippen LogP contribution in [0.5, 0.6) is 0 Å². The van der Waals surface area contributed by atoms with Gasteiger partial charge >= 0.3 is 0 Å². The van der Waals surface area contributed by atoms with Crippen molar-refractivity contribution in [3.63, 3.8) is 0 Å². The van der Waals surface area contributed by atoms with Crippen LogP contribution in [0.15, 0.2) is 54.6 Å². The third-order valence-electron chi connectivity index (χ3n) is 5.11. The maximum absolute atomic E-state index is 12.8. The number of hydrogen-bond donors (Lipinski definition) is 1. The monoisotopic (exact) mass is 397 g/mol. The predicted octanol–water partition coefficient (Wildman–Crippen LogP) is 2.76. The van der Waals surface area contributed by atoms with E-state index in [1.165, 1.54) is 4.31 Å². The van der Waals surface area contributed by atoms with E-state index in [9.17, 15) is 13.2 Å². The lowest BCUT2D eigenvalue weighted by molar-refractivity contribution is 0.0693. The van der Waals surface area contributed by atoms with Gasteiger partial charge in [0, 0.05) is 37.1 Å². The average Bonchev–Trinajstić information content (AvgIpc) is 3.11. The number of aromatic nitrogens is 1. The van der Waals surface area contributed by atoms with E-state index in [4.69, 9.17) is 0 Å². The Balaban J connectivity index is 1.41. The van der Waals surface area contributed by atoms with Gasteiger partial charge in [-0.25, -0.2) is 8.42 Å². The first-order valence-corrected chi connectivity index (χ1v) is 10.9. The van der Waals surface area contributed by atoms with E-state index in [2.05, 4.69) is 4.98 Å². The number of fused-ring (bicyclic) bond motifs is 1. The van der Waals surface area contributed by atoms with Crippen LogP contribution in [0.3, 0.4) is 0 Å². The molecule has 7 heteroatoms. The number of aryl methyl sites for hydroxylation is 1. The zero-order chi connectivity index (χ0) is 19.7. The number of carbonyl (C=O) groups excluding carboxylic acids is 1. The Labute approximate surface area is 164 Å². The molecule has 0 unspecified atom stereocenters. The van der Waals surface area contributed by atoms with Gasteiger partial charge in [-0.2, -0.15) is 4.31 Å². The molecule has 2 heterocycles. The highest BCUT2D eigenvalue weighted by atomic mass is 32.2. The van der Waals surface area contributed by atoms with Crippen LogP contribution in [0, 0.1) is 6.92 Å². The van der Waals surface area contributed by atoms with E-state index in [0.717, 1.165) is 22.0 Å². The SMILES string of the molecule is Cc1cccc(CS(=O)(=O)N2CCN(C(=O)c3cc4ccccc4[nH]3)CC2)c1. The molecular weight excluding hydrogens is 374 g/mol. The van der Waals surface area contributed by atoms with Gasteiger partial charge in [0.25, 0.3) is 5.91 Å². The van der Waals surface area contributed by atoms with Crippen LogP contribution in [0.2, 0.25) is 0 Å².